The molecule has 0 N–H and O–H groups in total. The number of hydrogen-bond donors (Lipinski definition) is 0. The van der Waals surface area contributed by atoms with Crippen molar-refractivity contribution in [2.45, 2.75) is 33.1 Å². The van der Waals surface area contributed by atoms with Gasteiger partial charge in [0.05, 0.1) is 7.11 Å². The summed E-state index contributed by atoms with van der Waals surface area (Å²) in [5.74, 6) is 0.929. The lowest BCUT2D eigenvalue weighted by Crippen LogP contribution is -1.95. The average Bonchev–Trinajstić information content (AvgIpc) is 2.47. The summed E-state index contributed by atoms with van der Waals surface area (Å²) in [4.78, 5) is 0. The van der Waals surface area contributed by atoms with Gasteiger partial charge in [0.15, 0.2) is 0 Å². The molecule has 19 heavy (non-hydrogen) atoms. The second-order valence-electron chi connectivity index (χ2n) is 4.84. The zero-order valence-electron chi connectivity index (χ0n) is 12.1. The maximum Gasteiger partial charge on any atom is 0.119 e. The lowest BCUT2D eigenvalue weighted by atomic mass is 9.97. The van der Waals surface area contributed by atoms with Crippen molar-refractivity contribution in [3.05, 3.63) is 64.7 Å². The Kier molecular flexibility index (Phi) is 4.62. The fourth-order valence-corrected chi connectivity index (χ4v) is 2.48. The Morgan fingerprint density at radius 3 is 2.26 bits per heavy atom. The molecular formula is C18H22O. The Bertz CT molecular complexity index is 543. The molecule has 0 fully saturated rings. The van der Waals surface area contributed by atoms with Crippen LogP contribution in [0.25, 0.3) is 0 Å². The van der Waals surface area contributed by atoms with Crippen molar-refractivity contribution in [1.29, 1.82) is 0 Å². The molecule has 0 radical (unpaired) electrons. The van der Waals surface area contributed by atoms with E-state index in [1.807, 2.05) is 6.07 Å². The van der Waals surface area contributed by atoms with E-state index >= 15 is 0 Å². The molecule has 0 spiro atoms. The molecule has 0 aliphatic rings. The quantitative estimate of drug-likeness (QED) is 0.768. The van der Waals surface area contributed by atoms with Gasteiger partial charge in [0.1, 0.15) is 5.75 Å². The number of hydrogen-bond acceptors (Lipinski definition) is 1. The third-order valence-corrected chi connectivity index (χ3v) is 3.57. The summed E-state index contributed by atoms with van der Waals surface area (Å²) in [5, 5.41) is 0. The fourth-order valence-electron chi connectivity index (χ4n) is 2.48. The van der Waals surface area contributed by atoms with E-state index in [0.29, 0.717) is 0 Å². The minimum Gasteiger partial charge on any atom is -0.497 e. The van der Waals surface area contributed by atoms with Crippen molar-refractivity contribution in [3.8, 4) is 5.75 Å². The van der Waals surface area contributed by atoms with Gasteiger partial charge in [-0.1, -0.05) is 44.2 Å². The number of rotatable bonds is 5. The maximum atomic E-state index is 5.27. The van der Waals surface area contributed by atoms with Crippen LogP contribution >= 0.6 is 0 Å². The minimum atomic E-state index is 0.929. The molecule has 0 unspecified atom stereocenters. The molecule has 0 amide bonds. The van der Waals surface area contributed by atoms with E-state index in [1.54, 1.807) is 7.11 Å². The molecule has 0 aliphatic heterocycles. The molecule has 1 nitrogen and oxygen atoms in total. The van der Waals surface area contributed by atoms with E-state index in [4.69, 9.17) is 4.74 Å². The van der Waals surface area contributed by atoms with E-state index in [1.165, 1.54) is 22.3 Å². The summed E-state index contributed by atoms with van der Waals surface area (Å²) in [6, 6.07) is 15.2. The van der Waals surface area contributed by atoms with E-state index in [-0.39, 0.29) is 0 Å². The molecule has 1 heteroatoms. The molecule has 0 atom stereocenters. The normalized spacial score (nSPS) is 10.5. The molecule has 2 rings (SSSR count). The standard InChI is InChI=1S/C18H22O/c1-4-16-10-9-15(12-17(16)5-2)11-14-7-6-8-18(13-14)19-3/h6-10,12-13H,4-5,11H2,1-3H3. The van der Waals surface area contributed by atoms with Gasteiger partial charge in [-0.3, -0.25) is 0 Å². The first-order valence-corrected chi connectivity index (χ1v) is 7.00. The first kappa shape index (κ1) is 13.7. The van der Waals surface area contributed by atoms with Crippen molar-refractivity contribution in [2.75, 3.05) is 7.11 Å². The van der Waals surface area contributed by atoms with Crippen LogP contribution in [-0.4, -0.2) is 7.11 Å². The van der Waals surface area contributed by atoms with Crippen LogP contribution in [0.2, 0.25) is 0 Å². The Balaban J connectivity index is 2.22. The van der Waals surface area contributed by atoms with Crippen LogP contribution in [0.3, 0.4) is 0 Å². The average molecular weight is 254 g/mol. The van der Waals surface area contributed by atoms with Crippen molar-refractivity contribution in [3.63, 3.8) is 0 Å². The van der Waals surface area contributed by atoms with Crippen LogP contribution in [0.4, 0.5) is 0 Å². The first-order valence-electron chi connectivity index (χ1n) is 7.00. The summed E-state index contributed by atoms with van der Waals surface area (Å²) in [6.45, 7) is 4.44. The highest BCUT2D eigenvalue weighted by Gasteiger charge is 2.03. The topological polar surface area (TPSA) is 9.23 Å². The lowest BCUT2D eigenvalue weighted by molar-refractivity contribution is 0.414. The van der Waals surface area contributed by atoms with Gasteiger partial charge in [0.2, 0.25) is 0 Å². The van der Waals surface area contributed by atoms with Gasteiger partial charge >= 0.3 is 0 Å². The van der Waals surface area contributed by atoms with Gasteiger partial charge in [0, 0.05) is 0 Å². The van der Waals surface area contributed by atoms with Gasteiger partial charge in [-0.2, -0.15) is 0 Å². The monoisotopic (exact) mass is 254 g/mol. The minimum absolute atomic E-state index is 0.929. The second kappa shape index (κ2) is 6.42. The smallest absolute Gasteiger partial charge is 0.119 e. The lowest BCUT2D eigenvalue weighted by Gasteiger charge is -2.10. The van der Waals surface area contributed by atoms with Gasteiger partial charge < -0.3 is 4.74 Å². The number of methoxy groups -OCH3 is 1. The highest BCUT2D eigenvalue weighted by molar-refractivity contribution is 5.37. The predicted octanol–water partition coefficient (Wildman–Crippen LogP) is 4.41. The molecule has 2 aromatic rings. The second-order valence-corrected chi connectivity index (χ2v) is 4.84. The maximum absolute atomic E-state index is 5.27. The highest BCUT2D eigenvalue weighted by atomic mass is 16.5. The third-order valence-electron chi connectivity index (χ3n) is 3.57. The summed E-state index contributed by atoms with van der Waals surface area (Å²) in [6.07, 6.45) is 3.19. The summed E-state index contributed by atoms with van der Waals surface area (Å²) >= 11 is 0. The largest absolute Gasteiger partial charge is 0.497 e. The molecule has 100 valence electrons. The summed E-state index contributed by atoms with van der Waals surface area (Å²) in [5.41, 5.74) is 5.62. The molecule has 0 heterocycles. The van der Waals surface area contributed by atoms with Crippen molar-refractivity contribution >= 4 is 0 Å². The molecule has 0 aliphatic carbocycles. The van der Waals surface area contributed by atoms with Crippen molar-refractivity contribution in [1.82, 2.24) is 0 Å². The number of benzene rings is 2. The Hall–Kier alpha value is -1.76. The van der Waals surface area contributed by atoms with E-state index in [2.05, 4.69) is 50.2 Å². The van der Waals surface area contributed by atoms with Crippen LogP contribution in [0, 0.1) is 0 Å². The predicted molar refractivity (Wildman–Crippen MR) is 81.0 cm³/mol. The van der Waals surface area contributed by atoms with E-state index in [9.17, 15) is 0 Å². The molecule has 0 saturated heterocycles. The Labute approximate surface area is 116 Å². The third kappa shape index (κ3) is 3.37. The summed E-state index contributed by atoms with van der Waals surface area (Å²) in [7, 11) is 1.71. The Morgan fingerprint density at radius 2 is 1.58 bits per heavy atom. The van der Waals surface area contributed by atoms with Crippen LogP contribution in [-0.2, 0) is 19.3 Å². The highest BCUT2D eigenvalue weighted by Crippen LogP contribution is 2.19. The summed E-state index contributed by atoms with van der Waals surface area (Å²) < 4.78 is 5.27. The fraction of sp³-hybridized carbons (Fsp3) is 0.333. The van der Waals surface area contributed by atoms with Crippen LogP contribution in [0.5, 0.6) is 5.75 Å². The molecule has 0 bridgehead atoms. The van der Waals surface area contributed by atoms with E-state index < -0.39 is 0 Å². The zero-order chi connectivity index (χ0) is 13.7. The molecular weight excluding hydrogens is 232 g/mol. The Morgan fingerprint density at radius 1 is 0.842 bits per heavy atom. The zero-order valence-corrected chi connectivity index (χ0v) is 12.1. The van der Waals surface area contributed by atoms with Crippen molar-refractivity contribution < 1.29 is 4.74 Å². The first-order chi connectivity index (χ1) is 9.26. The van der Waals surface area contributed by atoms with Gasteiger partial charge in [0.25, 0.3) is 0 Å². The number of ether oxygens (including phenoxy) is 1. The molecule has 0 aromatic heterocycles. The van der Waals surface area contributed by atoms with Gasteiger partial charge in [-0.15, -0.1) is 0 Å². The van der Waals surface area contributed by atoms with E-state index in [0.717, 1.165) is 25.0 Å². The van der Waals surface area contributed by atoms with Crippen LogP contribution in [0.15, 0.2) is 42.5 Å². The van der Waals surface area contributed by atoms with Crippen LogP contribution in [0.1, 0.15) is 36.1 Å². The molecule has 0 saturated carbocycles. The van der Waals surface area contributed by atoms with Crippen molar-refractivity contribution in [2.24, 2.45) is 0 Å². The SMILES string of the molecule is CCc1ccc(Cc2cccc(OC)c2)cc1CC. The van der Waals surface area contributed by atoms with Gasteiger partial charge in [-0.05, 0) is 53.6 Å². The molecule has 2 aromatic carbocycles. The van der Waals surface area contributed by atoms with Gasteiger partial charge in [-0.25, -0.2) is 0 Å². The van der Waals surface area contributed by atoms with Crippen LogP contribution < -0.4 is 4.74 Å². The number of aryl methyl sites for hydroxylation is 2.